The Morgan fingerprint density at radius 3 is 2.80 bits per heavy atom. The highest BCUT2D eigenvalue weighted by atomic mass is 35.5. The van der Waals surface area contributed by atoms with Crippen LogP contribution in [0.15, 0.2) is 12.4 Å². The van der Waals surface area contributed by atoms with Crippen LogP contribution in [0.2, 0.25) is 5.15 Å². The first-order valence-corrected chi connectivity index (χ1v) is 5.88. The molecule has 0 aliphatic heterocycles. The molecule has 0 bridgehead atoms. The van der Waals surface area contributed by atoms with E-state index in [1.54, 1.807) is 12.4 Å². The molecule has 4 heteroatoms. The minimum atomic E-state index is 0.455. The highest BCUT2D eigenvalue weighted by molar-refractivity contribution is 6.29. The van der Waals surface area contributed by atoms with Gasteiger partial charge in [-0.15, -0.1) is 0 Å². The van der Waals surface area contributed by atoms with Crippen LogP contribution in [0.1, 0.15) is 25.7 Å². The van der Waals surface area contributed by atoms with Gasteiger partial charge in [-0.3, -0.25) is 4.98 Å². The predicted molar refractivity (Wildman–Crippen MR) is 59.9 cm³/mol. The van der Waals surface area contributed by atoms with E-state index in [4.69, 9.17) is 11.6 Å². The normalized spacial score (nSPS) is 22.5. The largest absolute Gasteiger partial charge is 0.368 e. The summed E-state index contributed by atoms with van der Waals surface area (Å²) in [5.41, 5.74) is 0.587. The topological polar surface area (TPSA) is 37.8 Å². The molecular formula is C11H14ClN3. The zero-order chi connectivity index (χ0) is 10.3. The van der Waals surface area contributed by atoms with E-state index < -0.39 is 0 Å². The van der Waals surface area contributed by atoms with Crippen molar-refractivity contribution in [2.24, 2.45) is 11.3 Å². The van der Waals surface area contributed by atoms with Crippen molar-refractivity contribution in [2.75, 3.05) is 11.9 Å². The maximum absolute atomic E-state index is 5.77. The second-order valence-electron chi connectivity index (χ2n) is 4.72. The van der Waals surface area contributed by atoms with Gasteiger partial charge in [0.05, 0.1) is 12.4 Å². The lowest BCUT2D eigenvalue weighted by Crippen LogP contribution is -2.18. The Balaban J connectivity index is 1.61. The molecule has 3 rings (SSSR count). The molecule has 1 N–H and O–H groups in total. The molecule has 0 radical (unpaired) electrons. The first kappa shape index (κ1) is 9.40. The Hall–Kier alpha value is -0.830. The maximum atomic E-state index is 5.77. The standard InChI is InChI=1S/C11H14ClN3/c12-9-5-13-6-10(15-9)14-7-11(3-4-11)8-1-2-8/h5-6,8H,1-4,7H2,(H,14,15). The van der Waals surface area contributed by atoms with Gasteiger partial charge in [0, 0.05) is 6.54 Å². The third kappa shape index (κ3) is 1.93. The number of hydrogen-bond acceptors (Lipinski definition) is 3. The Bertz CT molecular complexity index is 372. The summed E-state index contributed by atoms with van der Waals surface area (Å²) in [7, 11) is 0. The molecule has 1 aromatic rings. The molecule has 1 aromatic heterocycles. The Morgan fingerprint density at radius 2 is 2.20 bits per heavy atom. The molecule has 80 valence electrons. The van der Waals surface area contributed by atoms with Crippen molar-refractivity contribution < 1.29 is 0 Å². The Morgan fingerprint density at radius 1 is 1.40 bits per heavy atom. The van der Waals surface area contributed by atoms with E-state index in [-0.39, 0.29) is 0 Å². The van der Waals surface area contributed by atoms with E-state index in [9.17, 15) is 0 Å². The van der Waals surface area contributed by atoms with Crippen LogP contribution in [0.25, 0.3) is 0 Å². The van der Waals surface area contributed by atoms with Gasteiger partial charge in [-0.1, -0.05) is 11.6 Å². The van der Waals surface area contributed by atoms with Crippen LogP contribution in [0.3, 0.4) is 0 Å². The van der Waals surface area contributed by atoms with Crippen molar-refractivity contribution in [1.82, 2.24) is 9.97 Å². The molecule has 1 heterocycles. The average Bonchev–Trinajstić information content (AvgIpc) is 3.08. The van der Waals surface area contributed by atoms with Gasteiger partial charge >= 0.3 is 0 Å². The molecule has 2 saturated carbocycles. The van der Waals surface area contributed by atoms with Crippen LogP contribution < -0.4 is 5.32 Å². The van der Waals surface area contributed by atoms with Crippen molar-refractivity contribution in [3.63, 3.8) is 0 Å². The van der Waals surface area contributed by atoms with Crippen molar-refractivity contribution in [1.29, 1.82) is 0 Å². The minimum absolute atomic E-state index is 0.455. The van der Waals surface area contributed by atoms with Crippen LogP contribution in [0, 0.1) is 11.3 Å². The highest BCUT2D eigenvalue weighted by Crippen LogP contribution is 2.61. The van der Waals surface area contributed by atoms with Crippen molar-refractivity contribution in [3.8, 4) is 0 Å². The molecule has 2 aliphatic rings. The van der Waals surface area contributed by atoms with Gasteiger partial charge in [0.15, 0.2) is 0 Å². The summed E-state index contributed by atoms with van der Waals surface area (Å²) in [4.78, 5) is 8.18. The van der Waals surface area contributed by atoms with E-state index in [1.165, 1.54) is 25.7 Å². The predicted octanol–water partition coefficient (Wildman–Crippen LogP) is 2.73. The second kappa shape index (κ2) is 3.34. The lowest BCUT2D eigenvalue weighted by molar-refractivity contribution is 0.466. The summed E-state index contributed by atoms with van der Waals surface area (Å²) in [6.07, 6.45) is 8.87. The van der Waals surface area contributed by atoms with Gasteiger partial charge < -0.3 is 5.32 Å². The van der Waals surface area contributed by atoms with E-state index in [0.29, 0.717) is 10.6 Å². The quantitative estimate of drug-likeness (QED) is 0.853. The average molecular weight is 224 g/mol. The fourth-order valence-electron chi connectivity index (χ4n) is 2.28. The minimum Gasteiger partial charge on any atom is -0.368 e. The fraction of sp³-hybridized carbons (Fsp3) is 0.636. The van der Waals surface area contributed by atoms with Crippen LogP contribution in [-0.2, 0) is 0 Å². The summed E-state index contributed by atoms with van der Waals surface area (Å²) < 4.78 is 0. The lowest BCUT2D eigenvalue weighted by atomic mass is 10.0. The number of aromatic nitrogens is 2. The molecule has 0 aromatic carbocycles. The van der Waals surface area contributed by atoms with E-state index in [1.807, 2.05) is 0 Å². The molecular weight excluding hydrogens is 210 g/mol. The molecule has 0 unspecified atom stereocenters. The van der Waals surface area contributed by atoms with Crippen LogP contribution in [0.5, 0.6) is 0 Å². The summed E-state index contributed by atoms with van der Waals surface area (Å²) in [5.74, 6) is 1.77. The van der Waals surface area contributed by atoms with Crippen molar-refractivity contribution in [2.45, 2.75) is 25.7 Å². The molecule has 2 fully saturated rings. The number of hydrogen-bond donors (Lipinski definition) is 1. The Kier molecular flexibility index (Phi) is 2.09. The number of anilines is 1. The van der Waals surface area contributed by atoms with Gasteiger partial charge in [0.1, 0.15) is 11.0 Å². The monoisotopic (exact) mass is 223 g/mol. The lowest BCUT2D eigenvalue weighted by Gasteiger charge is -2.14. The zero-order valence-electron chi connectivity index (χ0n) is 8.54. The van der Waals surface area contributed by atoms with E-state index in [0.717, 1.165) is 18.3 Å². The van der Waals surface area contributed by atoms with Gasteiger partial charge in [0.2, 0.25) is 0 Å². The second-order valence-corrected chi connectivity index (χ2v) is 5.10. The SMILES string of the molecule is Clc1cncc(NCC2(C3CC3)CC2)n1. The van der Waals surface area contributed by atoms with Crippen molar-refractivity contribution >= 4 is 17.4 Å². The molecule has 15 heavy (non-hydrogen) atoms. The van der Waals surface area contributed by atoms with Crippen molar-refractivity contribution in [3.05, 3.63) is 17.5 Å². The highest BCUT2D eigenvalue weighted by Gasteiger charge is 2.53. The maximum Gasteiger partial charge on any atom is 0.149 e. The van der Waals surface area contributed by atoms with Crippen LogP contribution in [0.4, 0.5) is 5.82 Å². The molecule has 2 aliphatic carbocycles. The summed E-state index contributed by atoms with van der Waals surface area (Å²) >= 11 is 5.77. The van der Waals surface area contributed by atoms with Gasteiger partial charge in [-0.05, 0) is 37.0 Å². The fourth-order valence-corrected chi connectivity index (χ4v) is 2.43. The van der Waals surface area contributed by atoms with Gasteiger partial charge in [-0.25, -0.2) is 4.98 Å². The van der Waals surface area contributed by atoms with Gasteiger partial charge in [-0.2, -0.15) is 0 Å². The number of nitrogens with zero attached hydrogens (tertiary/aromatic N) is 2. The first-order valence-electron chi connectivity index (χ1n) is 5.50. The third-order valence-electron chi connectivity index (χ3n) is 3.56. The third-order valence-corrected chi connectivity index (χ3v) is 3.74. The summed E-state index contributed by atoms with van der Waals surface area (Å²) in [6.45, 7) is 1.03. The van der Waals surface area contributed by atoms with Crippen LogP contribution in [-0.4, -0.2) is 16.5 Å². The molecule has 0 atom stereocenters. The number of nitrogens with one attached hydrogen (secondary N) is 1. The summed E-state index contributed by atoms with van der Waals surface area (Å²) in [6, 6.07) is 0. The molecule has 0 spiro atoms. The van der Waals surface area contributed by atoms with E-state index in [2.05, 4.69) is 15.3 Å². The van der Waals surface area contributed by atoms with E-state index >= 15 is 0 Å². The smallest absolute Gasteiger partial charge is 0.149 e. The molecule has 0 amide bonds. The number of rotatable bonds is 4. The molecule has 0 saturated heterocycles. The van der Waals surface area contributed by atoms with Crippen LogP contribution >= 0.6 is 11.6 Å². The Labute approximate surface area is 94.3 Å². The molecule has 3 nitrogen and oxygen atoms in total. The number of halogens is 1. The zero-order valence-corrected chi connectivity index (χ0v) is 9.30. The summed E-state index contributed by atoms with van der Waals surface area (Å²) in [5, 5.41) is 3.81. The first-order chi connectivity index (χ1) is 7.28. The van der Waals surface area contributed by atoms with Gasteiger partial charge in [0.25, 0.3) is 0 Å².